The van der Waals surface area contributed by atoms with Gasteiger partial charge < -0.3 is 10.2 Å². The molecule has 1 amide bonds. The minimum absolute atomic E-state index is 0.121. The van der Waals surface area contributed by atoms with Crippen molar-refractivity contribution in [2.45, 2.75) is 0 Å². The average Bonchev–Trinajstić information content (AvgIpc) is 2.64. The summed E-state index contributed by atoms with van der Waals surface area (Å²) in [7, 11) is 0. The summed E-state index contributed by atoms with van der Waals surface area (Å²) < 4.78 is 0. The van der Waals surface area contributed by atoms with E-state index in [0.29, 0.717) is 5.02 Å². The second-order valence-electron chi connectivity index (χ2n) is 6.21. The van der Waals surface area contributed by atoms with Gasteiger partial charge in [0.05, 0.1) is 22.2 Å². The highest BCUT2D eigenvalue weighted by molar-refractivity contribution is 6.33. The van der Waals surface area contributed by atoms with Crippen molar-refractivity contribution in [2.24, 2.45) is 0 Å². The fourth-order valence-corrected chi connectivity index (χ4v) is 3.30. The lowest BCUT2D eigenvalue weighted by molar-refractivity contribution is -0.384. The van der Waals surface area contributed by atoms with Crippen LogP contribution in [0.2, 0.25) is 10.0 Å². The topological polar surface area (TPSA) is 78.7 Å². The molecule has 1 N–H and O–H groups in total. The molecule has 0 bridgehead atoms. The number of hydrogen-bond acceptors (Lipinski definition) is 5. The predicted octanol–water partition coefficient (Wildman–Crippen LogP) is 3.66. The molecule has 9 heteroatoms. The Balaban J connectivity index is 1.54. The minimum Gasteiger partial charge on any atom is -0.369 e. The van der Waals surface area contributed by atoms with Crippen LogP contribution in [0.3, 0.4) is 0 Å². The Morgan fingerprint density at radius 1 is 1.11 bits per heavy atom. The van der Waals surface area contributed by atoms with E-state index < -0.39 is 4.92 Å². The molecule has 0 saturated carbocycles. The monoisotopic (exact) mass is 408 g/mol. The second-order valence-corrected chi connectivity index (χ2v) is 7.06. The quantitative estimate of drug-likeness (QED) is 0.602. The molecule has 7 nitrogen and oxygen atoms in total. The summed E-state index contributed by atoms with van der Waals surface area (Å²) in [6.45, 7) is 3.21. The van der Waals surface area contributed by atoms with Gasteiger partial charge in [-0.3, -0.25) is 19.8 Å². The van der Waals surface area contributed by atoms with Gasteiger partial charge in [0, 0.05) is 49.0 Å². The van der Waals surface area contributed by atoms with Gasteiger partial charge in [0.25, 0.3) is 5.69 Å². The van der Waals surface area contributed by atoms with Gasteiger partial charge >= 0.3 is 0 Å². The van der Waals surface area contributed by atoms with Crippen LogP contribution < -0.4 is 10.2 Å². The number of nitro benzene ring substituents is 1. The lowest BCUT2D eigenvalue weighted by Gasteiger charge is -2.35. The number of hydrogen-bond donors (Lipinski definition) is 1. The summed E-state index contributed by atoms with van der Waals surface area (Å²) in [5, 5.41) is 14.5. The van der Waals surface area contributed by atoms with Crippen LogP contribution in [0.5, 0.6) is 0 Å². The summed E-state index contributed by atoms with van der Waals surface area (Å²) in [5.74, 6) is -0.256. The van der Waals surface area contributed by atoms with Crippen molar-refractivity contribution in [3.63, 3.8) is 0 Å². The first-order chi connectivity index (χ1) is 12.9. The Bertz CT molecular complexity index is 854. The van der Waals surface area contributed by atoms with E-state index in [1.165, 1.54) is 18.2 Å². The number of nitrogens with one attached hydrogen (secondary N) is 1. The highest BCUT2D eigenvalue weighted by atomic mass is 35.5. The number of carbonyl (C=O) groups excluding carboxylic acids is 1. The lowest BCUT2D eigenvalue weighted by atomic mass is 10.2. The maximum absolute atomic E-state index is 12.3. The number of amides is 1. The number of carbonyl (C=O) groups is 1. The lowest BCUT2D eigenvalue weighted by Crippen LogP contribution is -2.48. The first kappa shape index (κ1) is 19.4. The smallest absolute Gasteiger partial charge is 0.271 e. The average molecular weight is 409 g/mol. The maximum atomic E-state index is 12.3. The Labute approximate surface area is 166 Å². The number of nitrogens with zero attached hydrogens (tertiary/aromatic N) is 3. The van der Waals surface area contributed by atoms with Crippen LogP contribution in [0.1, 0.15) is 0 Å². The third-order valence-corrected chi connectivity index (χ3v) is 4.91. The van der Waals surface area contributed by atoms with Crippen molar-refractivity contribution in [3.8, 4) is 0 Å². The van der Waals surface area contributed by atoms with Crippen molar-refractivity contribution in [1.29, 1.82) is 0 Å². The first-order valence-electron chi connectivity index (χ1n) is 8.39. The molecule has 0 radical (unpaired) electrons. The minimum atomic E-state index is -0.527. The number of nitro groups is 1. The molecule has 0 unspecified atom stereocenters. The standard InChI is InChI=1S/C18H18Cl2N4O3/c19-13-2-1-3-14(10-13)23-8-6-22(7-9-23)12-18(25)21-17-11-15(24(26)27)4-5-16(17)20/h1-5,10-11H,6-9,12H2,(H,21,25). The zero-order chi connectivity index (χ0) is 19.4. The molecule has 27 heavy (non-hydrogen) atoms. The largest absolute Gasteiger partial charge is 0.369 e. The summed E-state index contributed by atoms with van der Waals surface area (Å²) >= 11 is 12.1. The van der Waals surface area contributed by atoms with Crippen molar-refractivity contribution >= 4 is 46.2 Å². The van der Waals surface area contributed by atoms with Crippen molar-refractivity contribution in [2.75, 3.05) is 42.9 Å². The Morgan fingerprint density at radius 3 is 2.52 bits per heavy atom. The van der Waals surface area contributed by atoms with Gasteiger partial charge in [-0.25, -0.2) is 0 Å². The molecule has 0 spiro atoms. The SMILES string of the molecule is O=C(CN1CCN(c2cccc(Cl)c2)CC1)Nc1cc([N+](=O)[O-])ccc1Cl. The molecule has 0 atom stereocenters. The molecule has 142 valence electrons. The number of anilines is 2. The van der Waals surface area contributed by atoms with E-state index in [1.807, 2.05) is 29.2 Å². The fourth-order valence-electron chi connectivity index (χ4n) is 2.95. The van der Waals surface area contributed by atoms with Crippen LogP contribution in [0.15, 0.2) is 42.5 Å². The van der Waals surface area contributed by atoms with Gasteiger partial charge in [-0.1, -0.05) is 29.3 Å². The summed E-state index contributed by atoms with van der Waals surface area (Å²) in [6, 6.07) is 11.7. The highest BCUT2D eigenvalue weighted by Crippen LogP contribution is 2.26. The van der Waals surface area contributed by atoms with E-state index in [0.717, 1.165) is 31.9 Å². The zero-order valence-electron chi connectivity index (χ0n) is 14.4. The number of rotatable bonds is 5. The number of benzene rings is 2. The molecule has 0 aliphatic carbocycles. The number of piperazine rings is 1. The molecule has 2 aromatic rings. The van der Waals surface area contributed by atoms with Crippen LogP contribution in [-0.2, 0) is 4.79 Å². The third kappa shape index (κ3) is 5.09. The van der Waals surface area contributed by atoms with Crippen LogP contribution in [0.25, 0.3) is 0 Å². The van der Waals surface area contributed by atoms with E-state index in [4.69, 9.17) is 23.2 Å². The molecule has 0 aromatic heterocycles. The normalized spacial score (nSPS) is 14.8. The second kappa shape index (κ2) is 8.56. The third-order valence-electron chi connectivity index (χ3n) is 4.35. The van der Waals surface area contributed by atoms with Gasteiger partial charge in [-0.2, -0.15) is 0 Å². The summed E-state index contributed by atoms with van der Waals surface area (Å²) in [4.78, 5) is 26.9. The van der Waals surface area contributed by atoms with E-state index in [-0.39, 0.29) is 28.8 Å². The molecule has 1 saturated heterocycles. The zero-order valence-corrected chi connectivity index (χ0v) is 15.9. The van der Waals surface area contributed by atoms with Crippen molar-refractivity contribution in [1.82, 2.24) is 4.90 Å². The fraction of sp³-hybridized carbons (Fsp3) is 0.278. The Morgan fingerprint density at radius 2 is 1.85 bits per heavy atom. The first-order valence-corrected chi connectivity index (χ1v) is 9.14. The maximum Gasteiger partial charge on any atom is 0.271 e. The van der Waals surface area contributed by atoms with Gasteiger partial charge in [0.1, 0.15) is 0 Å². The Hall–Kier alpha value is -2.35. The van der Waals surface area contributed by atoms with E-state index >= 15 is 0 Å². The van der Waals surface area contributed by atoms with Crippen LogP contribution in [0, 0.1) is 10.1 Å². The molecule has 1 aliphatic rings. The molecule has 1 fully saturated rings. The van der Waals surface area contributed by atoms with Crippen LogP contribution >= 0.6 is 23.2 Å². The summed E-state index contributed by atoms with van der Waals surface area (Å²) in [6.07, 6.45) is 0. The molecule has 3 rings (SSSR count). The molecule has 1 heterocycles. The molecular formula is C18H18Cl2N4O3. The van der Waals surface area contributed by atoms with E-state index in [9.17, 15) is 14.9 Å². The number of non-ortho nitro benzene ring substituents is 1. The summed E-state index contributed by atoms with van der Waals surface area (Å²) in [5.41, 5.74) is 1.19. The molecule has 2 aromatic carbocycles. The Kier molecular flexibility index (Phi) is 6.15. The van der Waals surface area contributed by atoms with Gasteiger partial charge in [0.15, 0.2) is 0 Å². The van der Waals surface area contributed by atoms with Crippen LogP contribution in [0.4, 0.5) is 17.1 Å². The van der Waals surface area contributed by atoms with Crippen molar-refractivity contribution in [3.05, 3.63) is 62.6 Å². The van der Waals surface area contributed by atoms with Gasteiger partial charge in [-0.05, 0) is 24.3 Å². The van der Waals surface area contributed by atoms with E-state index in [1.54, 1.807) is 0 Å². The molecule has 1 aliphatic heterocycles. The van der Waals surface area contributed by atoms with Gasteiger partial charge in [0.2, 0.25) is 5.91 Å². The predicted molar refractivity (Wildman–Crippen MR) is 107 cm³/mol. The van der Waals surface area contributed by atoms with Crippen LogP contribution in [-0.4, -0.2) is 48.5 Å². The van der Waals surface area contributed by atoms with Crippen molar-refractivity contribution < 1.29 is 9.72 Å². The highest BCUT2D eigenvalue weighted by Gasteiger charge is 2.20. The molecular weight excluding hydrogens is 391 g/mol. The van der Waals surface area contributed by atoms with Gasteiger partial charge in [-0.15, -0.1) is 0 Å². The number of halogens is 2. The van der Waals surface area contributed by atoms with E-state index in [2.05, 4.69) is 10.2 Å².